The lowest BCUT2D eigenvalue weighted by Crippen LogP contribution is -2.20. The van der Waals surface area contributed by atoms with Crippen LogP contribution in [-0.4, -0.2) is 6.54 Å². The molecule has 1 atom stereocenters. The van der Waals surface area contributed by atoms with E-state index in [1.807, 2.05) is 11.3 Å². The zero-order valence-electron chi connectivity index (χ0n) is 11.7. The Labute approximate surface area is 137 Å². The second kappa shape index (κ2) is 6.73. The van der Waals surface area contributed by atoms with Crippen LogP contribution in [0.15, 0.2) is 21.3 Å². The average molecular weight is 370 g/mol. The van der Waals surface area contributed by atoms with Crippen molar-refractivity contribution in [2.45, 2.75) is 45.1 Å². The number of hydrogen-bond donors (Lipinski definition) is 1. The molecule has 20 heavy (non-hydrogen) atoms. The van der Waals surface area contributed by atoms with E-state index in [1.165, 1.54) is 47.0 Å². The Hall–Kier alpha value is -0.160. The Balaban J connectivity index is 1.94. The largest absolute Gasteiger partial charge is 0.306 e. The maximum Gasteiger partial charge on any atom is 0.0690 e. The van der Waals surface area contributed by atoms with Gasteiger partial charge >= 0.3 is 0 Å². The second-order valence-corrected chi connectivity index (χ2v) is 8.09. The Morgan fingerprint density at radius 1 is 1.25 bits per heavy atom. The lowest BCUT2D eigenvalue weighted by molar-refractivity contribution is 0.638. The fraction of sp³-hybridized carbons (Fsp3) is 0.500. The van der Waals surface area contributed by atoms with E-state index < -0.39 is 0 Å². The predicted octanol–water partition coefficient (Wildman–Crippen LogP) is 5.54. The SMILES string of the molecule is CCNC(c1cc2c(s1)CCCCC2)c1cscc1Br. The van der Waals surface area contributed by atoms with Gasteiger partial charge in [-0.1, -0.05) is 13.3 Å². The molecule has 1 unspecified atom stereocenters. The van der Waals surface area contributed by atoms with Gasteiger partial charge in [-0.25, -0.2) is 0 Å². The number of hydrogen-bond acceptors (Lipinski definition) is 3. The molecule has 1 nitrogen and oxygen atoms in total. The summed E-state index contributed by atoms with van der Waals surface area (Å²) in [6, 6.07) is 2.81. The van der Waals surface area contributed by atoms with Gasteiger partial charge in [-0.15, -0.1) is 11.3 Å². The van der Waals surface area contributed by atoms with Gasteiger partial charge in [0.2, 0.25) is 0 Å². The quantitative estimate of drug-likeness (QED) is 0.697. The summed E-state index contributed by atoms with van der Waals surface area (Å²) in [6.45, 7) is 3.18. The highest BCUT2D eigenvalue weighted by Crippen LogP contribution is 2.38. The summed E-state index contributed by atoms with van der Waals surface area (Å²) in [4.78, 5) is 3.12. The van der Waals surface area contributed by atoms with Crippen LogP contribution in [0, 0.1) is 0 Å². The van der Waals surface area contributed by atoms with Crippen LogP contribution in [0.25, 0.3) is 0 Å². The smallest absolute Gasteiger partial charge is 0.0690 e. The van der Waals surface area contributed by atoms with Gasteiger partial charge in [0, 0.05) is 19.6 Å². The molecule has 0 saturated heterocycles. The molecule has 1 aliphatic rings. The molecule has 0 aromatic carbocycles. The number of aryl methyl sites for hydroxylation is 2. The minimum atomic E-state index is 0.345. The van der Waals surface area contributed by atoms with E-state index in [0.717, 1.165) is 6.54 Å². The molecular formula is C16H20BrNS2. The van der Waals surface area contributed by atoms with Crippen molar-refractivity contribution < 1.29 is 0 Å². The van der Waals surface area contributed by atoms with E-state index in [4.69, 9.17) is 0 Å². The molecule has 2 aromatic rings. The monoisotopic (exact) mass is 369 g/mol. The molecule has 2 heterocycles. The Morgan fingerprint density at radius 3 is 2.85 bits per heavy atom. The van der Waals surface area contributed by atoms with Gasteiger partial charge in [-0.3, -0.25) is 0 Å². The van der Waals surface area contributed by atoms with Crippen molar-refractivity contribution in [1.29, 1.82) is 0 Å². The minimum Gasteiger partial charge on any atom is -0.306 e. The van der Waals surface area contributed by atoms with Crippen LogP contribution in [0.5, 0.6) is 0 Å². The predicted molar refractivity (Wildman–Crippen MR) is 93.1 cm³/mol. The first-order valence-corrected chi connectivity index (χ1v) is 9.91. The maximum absolute atomic E-state index is 3.69. The summed E-state index contributed by atoms with van der Waals surface area (Å²) in [5.74, 6) is 0. The van der Waals surface area contributed by atoms with Crippen molar-refractivity contribution in [3.8, 4) is 0 Å². The van der Waals surface area contributed by atoms with Crippen molar-refractivity contribution in [2.24, 2.45) is 0 Å². The van der Waals surface area contributed by atoms with Gasteiger partial charge in [-0.2, -0.15) is 11.3 Å². The topological polar surface area (TPSA) is 12.0 Å². The molecule has 108 valence electrons. The molecule has 0 spiro atoms. The molecule has 2 aromatic heterocycles. The van der Waals surface area contributed by atoms with Crippen molar-refractivity contribution in [2.75, 3.05) is 6.54 Å². The second-order valence-electron chi connectivity index (χ2n) is 5.32. The fourth-order valence-corrected chi connectivity index (χ4v) is 5.80. The Bertz CT molecular complexity index is 549. The van der Waals surface area contributed by atoms with Crippen LogP contribution in [-0.2, 0) is 12.8 Å². The van der Waals surface area contributed by atoms with Crippen molar-refractivity contribution >= 4 is 38.6 Å². The molecule has 0 fully saturated rings. The molecule has 0 saturated carbocycles. The normalized spacial score (nSPS) is 16.7. The van der Waals surface area contributed by atoms with Gasteiger partial charge in [-0.05, 0) is 70.7 Å². The fourth-order valence-electron chi connectivity index (χ4n) is 2.90. The summed E-state index contributed by atoms with van der Waals surface area (Å²) >= 11 is 7.49. The maximum atomic E-state index is 3.69. The Kier molecular flexibility index (Phi) is 4.97. The lowest BCUT2D eigenvalue weighted by Gasteiger charge is -2.16. The number of halogens is 1. The molecule has 4 heteroatoms. The third-order valence-electron chi connectivity index (χ3n) is 3.91. The molecular weight excluding hydrogens is 350 g/mol. The van der Waals surface area contributed by atoms with E-state index in [9.17, 15) is 0 Å². The van der Waals surface area contributed by atoms with Crippen molar-refractivity contribution in [1.82, 2.24) is 5.32 Å². The molecule has 0 radical (unpaired) electrons. The first-order chi connectivity index (χ1) is 9.79. The lowest BCUT2D eigenvalue weighted by atomic mass is 10.1. The van der Waals surface area contributed by atoms with E-state index in [1.54, 1.807) is 21.8 Å². The van der Waals surface area contributed by atoms with Crippen LogP contribution in [0.1, 0.15) is 53.1 Å². The average Bonchev–Trinajstić information content (AvgIpc) is 2.97. The van der Waals surface area contributed by atoms with E-state index in [-0.39, 0.29) is 0 Å². The highest BCUT2D eigenvalue weighted by Gasteiger charge is 2.21. The van der Waals surface area contributed by atoms with Gasteiger partial charge < -0.3 is 5.32 Å². The number of nitrogens with one attached hydrogen (secondary N) is 1. The van der Waals surface area contributed by atoms with Gasteiger partial charge in [0.05, 0.1) is 6.04 Å². The van der Waals surface area contributed by atoms with Crippen LogP contribution in [0.2, 0.25) is 0 Å². The molecule has 1 aliphatic carbocycles. The summed E-state index contributed by atoms with van der Waals surface area (Å²) in [5.41, 5.74) is 2.99. The summed E-state index contributed by atoms with van der Waals surface area (Å²) in [7, 11) is 0. The van der Waals surface area contributed by atoms with E-state index in [0.29, 0.717) is 6.04 Å². The standard InChI is InChI=1S/C16H20BrNS2/c1-2-18-16(12-9-19-10-13(12)17)15-8-11-6-4-3-5-7-14(11)20-15/h8-10,16,18H,2-7H2,1H3. The molecule has 0 aliphatic heterocycles. The van der Waals surface area contributed by atoms with E-state index >= 15 is 0 Å². The zero-order chi connectivity index (χ0) is 13.9. The molecule has 1 N–H and O–H groups in total. The third kappa shape index (κ3) is 3.03. The van der Waals surface area contributed by atoms with Crippen LogP contribution in [0.4, 0.5) is 0 Å². The van der Waals surface area contributed by atoms with E-state index in [2.05, 4.69) is 45.0 Å². The first kappa shape index (κ1) is 14.8. The highest BCUT2D eigenvalue weighted by atomic mass is 79.9. The van der Waals surface area contributed by atoms with Crippen molar-refractivity contribution in [3.05, 3.63) is 42.2 Å². The number of fused-ring (bicyclic) bond motifs is 1. The van der Waals surface area contributed by atoms with Crippen LogP contribution in [0.3, 0.4) is 0 Å². The molecule has 3 rings (SSSR count). The third-order valence-corrected chi connectivity index (χ3v) is 6.97. The Morgan fingerprint density at radius 2 is 2.10 bits per heavy atom. The van der Waals surface area contributed by atoms with Crippen LogP contribution < -0.4 is 5.32 Å². The summed E-state index contributed by atoms with van der Waals surface area (Å²) in [6.07, 6.45) is 6.67. The summed E-state index contributed by atoms with van der Waals surface area (Å²) < 4.78 is 1.23. The molecule has 0 amide bonds. The number of thiophene rings is 2. The summed E-state index contributed by atoms with van der Waals surface area (Å²) in [5, 5.41) is 8.10. The van der Waals surface area contributed by atoms with Crippen molar-refractivity contribution in [3.63, 3.8) is 0 Å². The zero-order valence-corrected chi connectivity index (χ0v) is 15.0. The molecule has 0 bridgehead atoms. The van der Waals surface area contributed by atoms with Gasteiger partial charge in [0.1, 0.15) is 0 Å². The number of rotatable bonds is 4. The van der Waals surface area contributed by atoms with Crippen LogP contribution >= 0.6 is 38.6 Å². The van der Waals surface area contributed by atoms with Gasteiger partial charge in [0.25, 0.3) is 0 Å². The minimum absolute atomic E-state index is 0.345. The first-order valence-electron chi connectivity index (χ1n) is 7.36. The van der Waals surface area contributed by atoms with Gasteiger partial charge in [0.15, 0.2) is 0 Å². The highest BCUT2D eigenvalue weighted by molar-refractivity contribution is 9.10.